The van der Waals surface area contributed by atoms with Gasteiger partial charge in [-0.3, -0.25) is 14.4 Å². The highest BCUT2D eigenvalue weighted by Gasteiger charge is 2.19. The number of carbonyl (C=O) groups is 3. The summed E-state index contributed by atoms with van der Waals surface area (Å²) in [5, 5.41) is 0. The second-order valence-corrected chi connectivity index (χ2v) is 13.8. The molecule has 1 atom stereocenters. The van der Waals surface area contributed by atoms with Crippen molar-refractivity contribution in [2.45, 2.75) is 181 Å². The molecule has 0 aromatic rings. The zero-order chi connectivity index (χ0) is 40.1. The largest absolute Gasteiger partial charge is 0.462 e. The molecule has 0 aromatic heterocycles. The van der Waals surface area contributed by atoms with Crippen molar-refractivity contribution in [2.75, 3.05) is 13.2 Å². The number of hydrogen-bond donors (Lipinski definition) is 0. The number of rotatable bonds is 37. The summed E-state index contributed by atoms with van der Waals surface area (Å²) in [5.74, 6) is -1.02. The maximum atomic E-state index is 12.7. The van der Waals surface area contributed by atoms with Crippen LogP contribution in [0.4, 0.5) is 0 Å². The van der Waals surface area contributed by atoms with Gasteiger partial charge < -0.3 is 14.2 Å². The molecule has 0 fully saturated rings. The summed E-state index contributed by atoms with van der Waals surface area (Å²) in [6.45, 7) is 6.17. The molecule has 0 amide bonds. The van der Waals surface area contributed by atoms with Gasteiger partial charge in [-0.05, 0) is 109 Å². The van der Waals surface area contributed by atoms with E-state index < -0.39 is 6.10 Å². The van der Waals surface area contributed by atoms with E-state index in [0.717, 1.165) is 116 Å². The highest BCUT2D eigenvalue weighted by atomic mass is 16.6. The van der Waals surface area contributed by atoms with Crippen molar-refractivity contribution in [3.63, 3.8) is 0 Å². The molecular weight excluding hydrogens is 685 g/mol. The van der Waals surface area contributed by atoms with E-state index in [4.69, 9.17) is 14.2 Å². The molecule has 0 spiro atoms. The number of unbranched alkanes of at least 4 members (excludes halogenated alkanes) is 10. The lowest BCUT2D eigenvalue weighted by atomic mass is 10.1. The molecule has 6 heteroatoms. The van der Waals surface area contributed by atoms with E-state index in [9.17, 15) is 14.4 Å². The molecule has 0 heterocycles. The van der Waals surface area contributed by atoms with Crippen LogP contribution in [0, 0.1) is 0 Å². The molecule has 0 aliphatic heterocycles. The Kier molecular flexibility index (Phi) is 40.2. The summed E-state index contributed by atoms with van der Waals surface area (Å²) in [6.07, 6.45) is 55.5. The first-order valence-corrected chi connectivity index (χ1v) is 21.7. The monoisotopic (exact) mass is 763 g/mol. The Balaban J connectivity index is 4.47. The summed E-state index contributed by atoms with van der Waals surface area (Å²) in [4.78, 5) is 37.6. The van der Waals surface area contributed by atoms with Crippen LogP contribution < -0.4 is 0 Å². The van der Waals surface area contributed by atoms with Gasteiger partial charge in [0, 0.05) is 19.3 Å². The zero-order valence-electron chi connectivity index (χ0n) is 35.1. The van der Waals surface area contributed by atoms with Gasteiger partial charge in [0.2, 0.25) is 0 Å². The second kappa shape index (κ2) is 43.1. The maximum Gasteiger partial charge on any atom is 0.306 e. The Bertz CT molecular complexity index is 1150. The molecule has 0 saturated carbocycles. The van der Waals surface area contributed by atoms with Gasteiger partial charge in [0.15, 0.2) is 6.10 Å². The van der Waals surface area contributed by atoms with Gasteiger partial charge in [-0.1, -0.05) is 144 Å². The SMILES string of the molecule is CC/C=C\C/C=C\C/C=C\CCCCCCCCC(=O)OCC(COC(=O)CCCC/C=C\C/C=C\CC)OC(=O)CCCC/C=C\C/C=C\C/C=C\CC. The molecule has 0 saturated heterocycles. The Morgan fingerprint density at radius 1 is 0.364 bits per heavy atom. The Morgan fingerprint density at radius 3 is 1.05 bits per heavy atom. The predicted octanol–water partition coefficient (Wildman–Crippen LogP) is 13.9. The van der Waals surface area contributed by atoms with Crippen molar-refractivity contribution in [1.29, 1.82) is 0 Å². The molecule has 0 bridgehead atoms. The fourth-order valence-electron chi connectivity index (χ4n) is 5.39. The van der Waals surface area contributed by atoms with Crippen LogP contribution in [0.15, 0.2) is 97.2 Å². The molecule has 6 nitrogen and oxygen atoms in total. The molecule has 0 aromatic carbocycles. The van der Waals surface area contributed by atoms with E-state index in [1.165, 1.54) is 12.8 Å². The van der Waals surface area contributed by atoms with Crippen molar-refractivity contribution >= 4 is 17.9 Å². The lowest BCUT2D eigenvalue weighted by molar-refractivity contribution is -0.167. The molecule has 0 radical (unpaired) electrons. The minimum absolute atomic E-state index is 0.112. The van der Waals surface area contributed by atoms with Crippen LogP contribution in [-0.2, 0) is 28.6 Å². The molecule has 0 aliphatic carbocycles. The van der Waals surface area contributed by atoms with E-state index in [0.29, 0.717) is 19.3 Å². The first kappa shape index (κ1) is 51.3. The minimum Gasteiger partial charge on any atom is -0.462 e. The molecule has 0 aliphatic rings. The van der Waals surface area contributed by atoms with E-state index in [1.807, 2.05) is 0 Å². The van der Waals surface area contributed by atoms with Crippen LogP contribution in [0.2, 0.25) is 0 Å². The lowest BCUT2D eigenvalue weighted by Gasteiger charge is -2.18. The van der Waals surface area contributed by atoms with Crippen molar-refractivity contribution in [3.8, 4) is 0 Å². The third-order valence-electron chi connectivity index (χ3n) is 8.56. The average molecular weight is 763 g/mol. The van der Waals surface area contributed by atoms with Gasteiger partial charge in [0.25, 0.3) is 0 Å². The molecule has 0 rings (SSSR count). The minimum atomic E-state index is -0.814. The third kappa shape index (κ3) is 41.3. The van der Waals surface area contributed by atoms with Crippen LogP contribution in [0.1, 0.15) is 175 Å². The summed E-state index contributed by atoms with van der Waals surface area (Å²) in [7, 11) is 0. The highest BCUT2D eigenvalue weighted by Crippen LogP contribution is 2.11. The summed E-state index contributed by atoms with van der Waals surface area (Å²) in [5.41, 5.74) is 0. The van der Waals surface area contributed by atoms with E-state index in [1.54, 1.807) is 0 Å². The topological polar surface area (TPSA) is 78.9 Å². The fraction of sp³-hybridized carbons (Fsp3) is 0.612. The maximum absolute atomic E-state index is 12.7. The molecule has 55 heavy (non-hydrogen) atoms. The fourth-order valence-corrected chi connectivity index (χ4v) is 5.39. The van der Waals surface area contributed by atoms with Gasteiger partial charge in [-0.25, -0.2) is 0 Å². The van der Waals surface area contributed by atoms with Gasteiger partial charge in [0.1, 0.15) is 13.2 Å². The normalized spacial score (nSPS) is 13.0. The number of esters is 3. The number of carbonyl (C=O) groups excluding carboxylic acids is 3. The van der Waals surface area contributed by atoms with Crippen LogP contribution in [-0.4, -0.2) is 37.2 Å². The van der Waals surface area contributed by atoms with Gasteiger partial charge in [-0.15, -0.1) is 0 Å². The van der Waals surface area contributed by atoms with E-state index >= 15 is 0 Å². The molecular formula is C49H78O6. The van der Waals surface area contributed by atoms with E-state index in [-0.39, 0.29) is 37.5 Å². The summed E-state index contributed by atoms with van der Waals surface area (Å²) >= 11 is 0. The lowest BCUT2D eigenvalue weighted by Crippen LogP contribution is -2.30. The average Bonchev–Trinajstić information content (AvgIpc) is 3.18. The molecule has 310 valence electrons. The number of ether oxygens (including phenoxy) is 3. The Morgan fingerprint density at radius 2 is 0.655 bits per heavy atom. The summed E-state index contributed by atoms with van der Waals surface area (Å²) < 4.78 is 16.6. The smallest absolute Gasteiger partial charge is 0.306 e. The second-order valence-electron chi connectivity index (χ2n) is 13.8. The van der Waals surface area contributed by atoms with Gasteiger partial charge >= 0.3 is 17.9 Å². The Hall–Kier alpha value is -3.67. The van der Waals surface area contributed by atoms with Gasteiger partial charge in [-0.2, -0.15) is 0 Å². The quantitative estimate of drug-likeness (QED) is 0.0271. The first-order chi connectivity index (χ1) is 27.0. The van der Waals surface area contributed by atoms with Crippen molar-refractivity contribution in [2.24, 2.45) is 0 Å². The van der Waals surface area contributed by atoms with Crippen molar-refractivity contribution in [3.05, 3.63) is 97.2 Å². The van der Waals surface area contributed by atoms with Crippen LogP contribution >= 0.6 is 0 Å². The Labute approximate surface area is 337 Å². The van der Waals surface area contributed by atoms with Crippen molar-refractivity contribution < 1.29 is 28.6 Å². The third-order valence-corrected chi connectivity index (χ3v) is 8.56. The van der Waals surface area contributed by atoms with Gasteiger partial charge in [0.05, 0.1) is 0 Å². The molecule has 1 unspecified atom stereocenters. The standard InChI is InChI=1S/C49H78O6/c1-4-7-10-13-16-19-21-23-24-25-26-28-30-33-36-39-42-48(51)54-45-46(44-53-47(50)41-38-35-32-29-18-15-12-9-6-3)55-49(52)43-40-37-34-31-27-22-20-17-14-11-8-5-2/h7-12,16-20,23-24,27,29,31,46H,4-6,13-15,21-22,25-26,28,30,32-45H2,1-3H3/b10-7-,11-8-,12-9-,19-16-,20-17-,24-23-,29-18-,31-27-. The first-order valence-electron chi connectivity index (χ1n) is 21.7. The number of allylic oxidation sites excluding steroid dienone is 16. The van der Waals surface area contributed by atoms with Crippen molar-refractivity contribution in [1.82, 2.24) is 0 Å². The van der Waals surface area contributed by atoms with Crippen LogP contribution in [0.3, 0.4) is 0 Å². The van der Waals surface area contributed by atoms with E-state index in [2.05, 4.69) is 118 Å². The van der Waals surface area contributed by atoms with Crippen LogP contribution in [0.5, 0.6) is 0 Å². The van der Waals surface area contributed by atoms with Crippen LogP contribution in [0.25, 0.3) is 0 Å². The summed E-state index contributed by atoms with van der Waals surface area (Å²) in [6, 6.07) is 0. The zero-order valence-corrected chi connectivity index (χ0v) is 35.1. The predicted molar refractivity (Wildman–Crippen MR) is 233 cm³/mol. The highest BCUT2D eigenvalue weighted by molar-refractivity contribution is 5.71. The molecule has 0 N–H and O–H groups in total. The number of hydrogen-bond acceptors (Lipinski definition) is 6.